The van der Waals surface area contributed by atoms with Crippen molar-refractivity contribution in [3.8, 4) is 0 Å². The van der Waals surface area contributed by atoms with E-state index in [2.05, 4.69) is 46.4 Å². The van der Waals surface area contributed by atoms with E-state index in [1.54, 1.807) is 0 Å². The first-order chi connectivity index (χ1) is 3.15. The Kier molecular flexibility index (Phi) is 18.7. The van der Waals surface area contributed by atoms with Crippen molar-refractivity contribution < 1.29 is 11.6 Å². The van der Waals surface area contributed by atoms with Gasteiger partial charge in [-0.1, -0.05) is 6.92 Å². The molecule has 0 aliphatic carbocycles. The van der Waals surface area contributed by atoms with Crippen LogP contribution in [0.5, 0.6) is 0 Å². The molecule has 0 N–H and O–H groups in total. The molecule has 4 heteroatoms. The van der Waals surface area contributed by atoms with Gasteiger partial charge in [-0.15, -0.1) is 0 Å². The van der Waals surface area contributed by atoms with Crippen LogP contribution >= 0.6 is 39.5 Å². The summed E-state index contributed by atoms with van der Waals surface area (Å²) in [5, 5.41) is 0. The molecule has 0 bridgehead atoms. The van der Waals surface area contributed by atoms with Crippen molar-refractivity contribution in [2.24, 2.45) is 0 Å². The molecule has 0 saturated heterocycles. The molecule has 0 aromatic rings. The molecule has 0 aliphatic heterocycles. The average molecular weight is 331 g/mol. The molecule has 0 nitrogen and oxygen atoms in total. The molecule has 7 heavy (non-hydrogen) atoms. The van der Waals surface area contributed by atoms with Gasteiger partial charge in [0.05, 0.1) is 0 Å². The zero-order chi connectivity index (χ0) is 6.28. The van der Waals surface area contributed by atoms with Crippen molar-refractivity contribution in [1.82, 2.24) is 0 Å². The second-order valence-corrected chi connectivity index (χ2v) is 24.4. The zero-order valence-electron chi connectivity index (χ0n) is 4.05. The van der Waals surface area contributed by atoms with Gasteiger partial charge in [-0.3, -0.25) is 0 Å². The Bertz CT molecular complexity index is 21.4. The SMILES string of the molecule is [Br][Ti+]([Br])[Br].[CH2-]CC. The van der Waals surface area contributed by atoms with Crippen molar-refractivity contribution in [3.05, 3.63) is 6.92 Å². The molecule has 0 aromatic heterocycles. The first-order valence-corrected chi connectivity index (χ1v) is 13.4. The van der Waals surface area contributed by atoms with Crippen LogP contribution in [0.15, 0.2) is 0 Å². The Balaban J connectivity index is 0. The van der Waals surface area contributed by atoms with E-state index in [1.807, 2.05) is 6.92 Å². The topological polar surface area (TPSA) is 0 Å². The normalized spacial score (nSPS) is 6.43. The molecule has 0 heterocycles. The van der Waals surface area contributed by atoms with Crippen LogP contribution in [0.3, 0.4) is 0 Å². The molecule has 0 saturated carbocycles. The summed E-state index contributed by atoms with van der Waals surface area (Å²) in [4.78, 5) is 0. The third-order valence-corrected chi connectivity index (χ3v) is 0. The van der Waals surface area contributed by atoms with Crippen LogP contribution in [0.1, 0.15) is 13.3 Å². The Hall–Kier alpha value is 2.15. The number of hydrogen-bond acceptors (Lipinski definition) is 0. The van der Waals surface area contributed by atoms with Gasteiger partial charge >= 0.3 is 51.1 Å². The van der Waals surface area contributed by atoms with Gasteiger partial charge in [-0.2, -0.15) is 6.42 Å². The van der Waals surface area contributed by atoms with Crippen molar-refractivity contribution in [3.63, 3.8) is 0 Å². The number of halogens is 3. The fraction of sp³-hybridized carbons (Fsp3) is 0.667. The molecule has 0 aliphatic rings. The van der Waals surface area contributed by atoms with Gasteiger partial charge in [0.15, 0.2) is 0 Å². The van der Waals surface area contributed by atoms with Crippen LogP contribution in [0.4, 0.5) is 0 Å². The summed E-state index contributed by atoms with van der Waals surface area (Å²) in [5.74, 6) is 0. The van der Waals surface area contributed by atoms with Crippen molar-refractivity contribution >= 4 is 39.5 Å². The van der Waals surface area contributed by atoms with E-state index < -0.39 is 11.6 Å². The largest absolute Gasteiger partial charge is 0.344 e. The van der Waals surface area contributed by atoms with Gasteiger partial charge in [-0.25, -0.2) is 0 Å². The van der Waals surface area contributed by atoms with Crippen LogP contribution in [-0.2, 0) is 11.6 Å². The first kappa shape index (κ1) is 11.9. The molecule has 0 fully saturated rings. The molecule has 0 amide bonds. The maximum absolute atomic E-state index is 3.49. The predicted molar refractivity (Wildman–Crippen MR) is 42.4 cm³/mol. The maximum atomic E-state index is 3.49. The summed E-state index contributed by atoms with van der Waals surface area (Å²) >= 11 is 8.92. The monoisotopic (exact) mass is 328 g/mol. The van der Waals surface area contributed by atoms with Gasteiger partial charge in [-0.05, 0) is 0 Å². The van der Waals surface area contributed by atoms with E-state index in [9.17, 15) is 0 Å². The summed E-state index contributed by atoms with van der Waals surface area (Å²) in [6, 6.07) is 0. The Morgan fingerprint density at radius 2 is 1.43 bits per heavy atom. The molecular weight excluding hydrogens is 324 g/mol. The number of hydrogen-bond donors (Lipinski definition) is 0. The van der Waals surface area contributed by atoms with E-state index in [-0.39, 0.29) is 0 Å². The van der Waals surface area contributed by atoms with E-state index >= 15 is 0 Å². The fourth-order valence-corrected chi connectivity index (χ4v) is 0. The third-order valence-electron chi connectivity index (χ3n) is 0. The van der Waals surface area contributed by atoms with Crippen molar-refractivity contribution in [2.75, 3.05) is 0 Å². The third kappa shape index (κ3) is 66.5. The molecular formula is C3H7Br3Ti. The first-order valence-electron chi connectivity index (χ1n) is 1.77. The van der Waals surface area contributed by atoms with Crippen molar-refractivity contribution in [1.29, 1.82) is 0 Å². The second-order valence-electron chi connectivity index (χ2n) is 0.714. The molecule has 0 atom stereocenters. The Labute approximate surface area is 70.4 Å². The van der Waals surface area contributed by atoms with Crippen LogP contribution in [0.25, 0.3) is 0 Å². The van der Waals surface area contributed by atoms with Gasteiger partial charge < -0.3 is 6.92 Å². The van der Waals surface area contributed by atoms with Crippen LogP contribution in [0.2, 0.25) is 0 Å². The summed E-state index contributed by atoms with van der Waals surface area (Å²) in [6.45, 7) is 5.50. The zero-order valence-corrected chi connectivity index (χ0v) is 10.4. The minimum atomic E-state index is -0.896. The average Bonchev–Trinajstić information content (AvgIpc) is 1.33. The number of rotatable bonds is 0. The van der Waals surface area contributed by atoms with Gasteiger partial charge in [0, 0.05) is 0 Å². The summed E-state index contributed by atoms with van der Waals surface area (Å²) in [7, 11) is 0. The van der Waals surface area contributed by atoms with Crippen molar-refractivity contribution in [2.45, 2.75) is 13.3 Å². The summed E-state index contributed by atoms with van der Waals surface area (Å²) < 4.78 is 0. The Morgan fingerprint density at radius 1 is 1.43 bits per heavy atom. The van der Waals surface area contributed by atoms with Crippen LogP contribution in [0, 0.1) is 6.92 Å². The van der Waals surface area contributed by atoms with Gasteiger partial charge in [0.25, 0.3) is 0 Å². The quantitative estimate of drug-likeness (QED) is 0.468. The smallest absolute Gasteiger partial charge is 0.0927 e. The van der Waals surface area contributed by atoms with Gasteiger partial charge in [0.2, 0.25) is 0 Å². The predicted octanol–water partition coefficient (Wildman–Crippen LogP) is 3.76. The Morgan fingerprint density at radius 3 is 1.43 bits per heavy atom. The van der Waals surface area contributed by atoms with Crippen LogP contribution in [-0.4, -0.2) is 0 Å². The standard InChI is InChI=1S/C3H7.3BrH.Ti/c1-3-2;;;;/h1,3H2,2H3;3*1H;/q-1;;;;+4/p-3. The van der Waals surface area contributed by atoms with Gasteiger partial charge in [0.1, 0.15) is 0 Å². The van der Waals surface area contributed by atoms with E-state index in [4.69, 9.17) is 0 Å². The van der Waals surface area contributed by atoms with Crippen LogP contribution < -0.4 is 0 Å². The molecule has 0 radical (unpaired) electrons. The summed E-state index contributed by atoms with van der Waals surface area (Å²) in [6.07, 6.45) is 1.00. The molecule has 0 rings (SSSR count). The maximum Gasteiger partial charge on any atom is -0.0927 e. The molecule has 0 unspecified atom stereocenters. The molecule has 0 aromatic carbocycles. The van der Waals surface area contributed by atoms with E-state index in [1.165, 1.54) is 0 Å². The summed E-state index contributed by atoms with van der Waals surface area (Å²) in [5.41, 5.74) is 0. The van der Waals surface area contributed by atoms with E-state index in [0.29, 0.717) is 0 Å². The minimum absolute atomic E-state index is 0.896. The fourth-order valence-electron chi connectivity index (χ4n) is 0. The molecule has 0 spiro atoms. The second kappa shape index (κ2) is 11.0. The van der Waals surface area contributed by atoms with E-state index in [0.717, 1.165) is 6.42 Å². The minimum Gasteiger partial charge on any atom is -0.344 e. The molecule has 44 valence electrons.